The molecule has 0 aromatic heterocycles. The first kappa shape index (κ1) is 36.6. The van der Waals surface area contributed by atoms with Crippen molar-refractivity contribution in [3.63, 3.8) is 0 Å². The van der Waals surface area contributed by atoms with Crippen molar-refractivity contribution < 1.29 is 43.7 Å². The summed E-state index contributed by atoms with van der Waals surface area (Å²) >= 11 is 0. The van der Waals surface area contributed by atoms with Crippen LogP contribution in [-0.4, -0.2) is 58.0 Å². The number of hydrogen-bond donors (Lipinski definition) is 3. The second-order valence-corrected chi connectivity index (χ2v) is 12.6. The van der Waals surface area contributed by atoms with Crippen LogP contribution in [0.25, 0.3) is 43.4 Å². The maximum absolute atomic E-state index is 11.5. The number of ether oxygens (including phenoxy) is 6. The maximum atomic E-state index is 11.5. The van der Waals surface area contributed by atoms with Gasteiger partial charge in [0.1, 0.15) is 17.2 Å². The summed E-state index contributed by atoms with van der Waals surface area (Å²) in [7, 11) is 9.54. The van der Waals surface area contributed by atoms with E-state index in [1.54, 1.807) is 66.9 Å². The molecular weight excluding hydrogens is 648 g/mol. The molecule has 0 spiro atoms. The number of methoxy groups -OCH3 is 6. The van der Waals surface area contributed by atoms with Gasteiger partial charge in [0.2, 0.25) is 0 Å². The van der Waals surface area contributed by atoms with E-state index in [1.165, 1.54) is 0 Å². The fourth-order valence-electron chi connectivity index (χ4n) is 7.14. The van der Waals surface area contributed by atoms with E-state index < -0.39 is 0 Å². The minimum atomic E-state index is 0.0778. The molecule has 0 aliphatic heterocycles. The summed E-state index contributed by atoms with van der Waals surface area (Å²) in [6.07, 6.45) is 0. The molecule has 6 aromatic carbocycles. The molecule has 0 aliphatic carbocycles. The minimum absolute atomic E-state index is 0.0778. The van der Waals surface area contributed by atoms with Crippen molar-refractivity contribution in [3.8, 4) is 62.9 Å². The Morgan fingerprint density at radius 3 is 1.04 bits per heavy atom. The summed E-state index contributed by atoms with van der Waals surface area (Å²) in [5.74, 6) is 4.09. The van der Waals surface area contributed by atoms with E-state index in [9.17, 15) is 15.3 Å². The Hall–Kier alpha value is -5.70. The highest BCUT2D eigenvalue weighted by molar-refractivity contribution is 6.06. The monoisotopic (exact) mass is 694 g/mol. The van der Waals surface area contributed by atoms with Crippen molar-refractivity contribution in [3.05, 3.63) is 75.8 Å². The van der Waals surface area contributed by atoms with Crippen LogP contribution < -0.4 is 28.4 Å². The Morgan fingerprint density at radius 2 is 0.706 bits per heavy atom. The zero-order valence-corrected chi connectivity index (χ0v) is 31.3. The van der Waals surface area contributed by atoms with Gasteiger partial charge in [0.15, 0.2) is 34.5 Å². The van der Waals surface area contributed by atoms with Crippen molar-refractivity contribution in [1.29, 1.82) is 0 Å². The average molecular weight is 695 g/mol. The van der Waals surface area contributed by atoms with Gasteiger partial charge in [-0.2, -0.15) is 0 Å². The van der Waals surface area contributed by atoms with Crippen LogP contribution in [0, 0.1) is 41.5 Å². The first-order valence-corrected chi connectivity index (χ1v) is 16.4. The number of hydrogen-bond acceptors (Lipinski definition) is 9. The third kappa shape index (κ3) is 6.07. The average Bonchev–Trinajstić information content (AvgIpc) is 3.10. The molecular formula is C42H46O9. The Balaban J connectivity index is 0.000000248. The van der Waals surface area contributed by atoms with E-state index in [0.29, 0.717) is 56.4 Å². The molecule has 9 nitrogen and oxygen atoms in total. The number of aromatic hydroxyl groups is 3. The first-order valence-electron chi connectivity index (χ1n) is 16.4. The summed E-state index contributed by atoms with van der Waals surface area (Å²) in [6.45, 7) is 11.6. The zero-order valence-electron chi connectivity index (χ0n) is 31.3. The molecule has 0 amide bonds. The summed E-state index contributed by atoms with van der Waals surface area (Å²) < 4.78 is 32.7. The Bertz CT molecular complexity index is 2210. The lowest BCUT2D eigenvalue weighted by molar-refractivity contribution is 0.353. The SMILES string of the molecule is COc1cc2c(O)c(-c3c(C)cc4c(C)c(OC)c(OC)cc4c3O)c(C)cc2c(C)c1OC.COc1cc2c(O)cc(C)cc2c(C)c1OC. The molecule has 0 radical (unpaired) electrons. The van der Waals surface area contributed by atoms with Gasteiger partial charge in [-0.15, -0.1) is 0 Å². The third-order valence-corrected chi connectivity index (χ3v) is 9.63. The predicted molar refractivity (Wildman–Crippen MR) is 204 cm³/mol. The Morgan fingerprint density at radius 1 is 0.373 bits per heavy atom. The number of fused-ring (bicyclic) bond motifs is 3. The van der Waals surface area contributed by atoms with E-state index in [0.717, 1.165) is 54.9 Å². The second kappa shape index (κ2) is 14.3. The molecule has 268 valence electrons. The van der Waals surface area contributed by atoms with Crippen LogP contribution in [0.15, 0.2) is 42.5 Å². The van der Waals surface area contributed by atoms with Gasteiger partial charge >= 0.3 is 0 Å². The number of rotatable bonds is 7. The van der Waals surface area contributed by atoms with E-state index in [2.05, 4.69) is 0 Å². The van der Waals surface area contributed by atoms with Gasteiger partial charge in [-0.1, -0.05) is 18.2 Å². The normalized spacial score (nSPS) is 11.0. The quantitative estimate of drug-likeness (QED) is 0.150. The van der Waals surface area contributed by atoms with E-state index in [-0.39, 0.29) is 17.2 Å². The van der Waals surface area contributed by atoms with Crippen molar-refractivity contribution in [2.75, 3.05) is 42.7 Å². The van der Waals surface area contributed by atoms with Crippen LogP contribution >= 0.6 is 0 Å². The van der Waals surface area contributed by atoms with Gasteiger partial charge in [-0.05, 0) is 98.7 Å². The fourth-order valence-corrected chi connectivity index (χ4v) is 7.14. The van der Waals surface area contributed by atoms with Gasteiger partial charge in [0, 0.05) is 44.0 Å². The summed E-state index contributed by atoms with van der Waals surface area (Å²) in [5.41, 5.74) is 6.53. The lowest BCUT2D eigenvalue weighted by Crippen LogP contribution is -1.98. The van der Waals surface area contributed by atoms with Crippen LogP contribution in [0.4, 0.5) is 0 Å². The highest BCUT2D eigenvalue weighted by atomic mass is 16.5. The predicted octanol–water partition coefficient (Wildman–Crippen LogP) is 9.52. The second-order valence-electron chi connectivity index (χ2n) is 12.6. The zero-order chi connectivity index (χ0) is 37.5. The summed E-state index contributed by atoms with van der Waals surface area (Å²) in [4.78, 5) is 0. The van der Waals surface area contributed by atoms with Crippen LogP contribution in [0.5, 0.6) is 51.7 Å². The minimum Gasteiger partial charge on any atom is -0.507 e. The van der Waals surface area contributed by atoms with E-state index >= 15 is 0 Å². The Kier molecular flexibility index (Phi) is 10.2. The molecule has 0 unspecified atom stereocenters. The van der Waals surface area contributed by atoms with Crippen molar-refractivity contribution in [1.82, 2.24) is 0 Å². The molecule has 0 saturated heterocycles. The molecule has 0 bridgehead atoms. The fraction of sp³-hybridized carbons (Fsp3) is 0.286. The van der Waals surface area contributed by atoms with Crippen molar-refractivity contribution in [2.45, 2.75) is 41.5 Å². The molecule has 0 saturated carbocycles. The van der Waals surface area contributed by atoms with Crippen LogP contribution in [0.1, 0.15) is 33.4 Å². The van der Waals surface area contributed by atoms with Gasteiger partial charge < -0.3 is 43.7 Å². The van der Waals surface area contributed by atoms with Gasteiger partial charge in [0.05, 0.1) is 42.7 Å². The summed E-state index contributed by atoms with van der Waals surface area (Å²) in [6, 6.07) is 13.1. The molecule has 6 aromatic rings. The lowest BCUT2D eigenvalue weighted by atomic mass is 9.87. The number of benzene rings is 6. The molecule has 3 N–H and O–H groups in total. The highest BCUT2D eigenvalue weighted by Crippen LogP contribution is 2.51. The highest BCUT2D eigenvalue weighted by Gasteiger charge is 2.24. The lowest BCUT2D eigenvalue weighted by Gasteiger charge is -2.21. The maximum Gasteiger partial charge on any atom is 0.164 e. The van der Waals surface area contributed by atoms with Crippen molar-refractivity contribution in [2.24, 2.45) is 0 Å². The van der Waals surface area contributed by atoms with Crippen molar-refractivity contribution >= 4 is 32.3 Å². The molecule has 51 heavy (non-hydrogen) atoms. The molecule has 9 heteroatoms. The topological polar surface area (TPSA) is 116 Å². The third-order valence-electron chi connectivity index (χ3n) is 9.63. The molecule has 0 heterocycles. The van der Waals surface area contributed by atoms with Gasteiger partial charge in [0.25, 0.3) is 0 Å². The van der Waals surface area contributed by atoms with E-state index in [1.807, 2.05) is 59.7 Å². The van der Waals surface area contributed by atoms with E-state index in [4.69, 9.17) is 28.4 Å². The molecule has 0 atom stereocenters. The van der Waals surface area contributed by atoms with Crippen LogP contribution in [0.3, 0.4) is 0 Å². The van der Waals surface area contributed by atoms with Crippen LogP contribution in [0.2, 0.25) is 0 Å². The smallest absolute Gasteiger partial charge is 0.164 e. The van der Waals surface area contributed by atoms with Gasteiger partial charge in [-0.3, -0.25) is 0 Å². The van der Waals surface area contributed by atoms with Gasteiger partial charge in [-0.25, -0.2) is 0 Å². The Labute approximate surface area is 298 Å². The molecule has 0 aliphatic rings. The standard InChI is InChI=1S/C28H30O6.C14H16O3/c1-13-9-17-15(3)27(33-7)21(31-5)11-19(17)25(29)23(13)24-14(2)10-18-16(4)28(34-8)22(32-6)12-20(18)26(24)30;1-8-5-10-9(2)14(17-4)13(16-3)7-11(10)12(15)6-8/h9-12,29-30H,1-8H3;5-7,15H,1-4H3. The summed E-state index contributed by atoms with van der Waals surface area (Å²) in [5, 5.41) is 37.7. The number of aryl methyl sites for hydroxylation is 6. The number of phenolic OH excluding ortho intramolecular Hbond substituents is 3. The van der Waals surface area contributed by atoms with Crippen LogP contribution in [-0.2, 0) is 0 Å². The first-order chi connectivity index (χ1) is 24.3. The molecule has 0 fully saturated rings. The largest absolute Gasteiger partial charge is 0.507 e. The number of phenols is 3. The molecule has 6 rings (SSSR count).